The quantitative estimate of drug-likeness (QED) is 0.916. The van der Waals surface area contributed by atoms with Gasteiger partial charge in [-0.25, -0.2) is 9.97 Å². The minimum Gasteiger partial charge on any atom is -0.383 e. The van der Waals surface area contributed by atoms with Gasteiger partial charge in [0.2, 0.25) is 0 Å². The Morgan fingerprint density at radius 3 is 2.53 bits per heavy atom. The van der Waals surface area contributed by atoms with Crippen molar-refractivity contribution in [2.24, 2.45) is 0 Å². The molecular weight excluding hydrogens is 258 g/mol. The first-order valence-electron chi connectivity index (χ1n) is 4.98. The molecule has 84 valence electrons. The van der Waals surface area contributed by atoms with Crippen LogP contribution in [0.5, 0.6) is 0 Å². The average Bonchev–Trinajstić information content (AvgIpc) is 2.24. The molecule has 0 fully saturated rings. The largest absolute Gasteiger partial charge is 0.383 e. The molecule has 0 saturated heterocycles. The van der Waals surface area contributed by atoms with Gasteiger partial charge >= 0.3 is 0 Å². The van der Waals surface area contributed by atoms with Crippen LogP contribution >= 0.6 is 15.9 Å². The summed E-state index contributed by atoms with van der Waals surface area (Å²) in [6.07, 6.45) is 1.58. The summed E-state index contributed by atoms with van der Waals surface area (Å²) in [5, 5.41) is 0. The van der Waals surface area contributed by atoms with Crippen molar-refractivity contribution in [3.63, 3.8) is 0 Å². The molecule has 1 aromatic heterocycles. The smallest absolute Gasteiger partial charge is 0.159 e. The van der Waals surface area contributed by atoms with Gasteiger partial charge < -0.3 is 10.5 Å². The highest BCUT2D eigenvalue weighted by Crippen LogP contribution is 2.25. The first-order valence-corrected chi connectivity index (χ1v) is 5.77. The number of nitrogens with two attached hydrogens (primary N) is 1. The van der Waals surface area contributed by atoms with E-state index in [4.69, 9.17) is 10.5 Å². The molecule has 15 heavy (non-hydrogen) atoms. The molecule has 2 N–H and O–H groups in total. The van der Waals surface area contributed by atoms with E-state index in [2.05, 4.69) is 25.9 Å². The van der Waals surface area contributed by atoms with Crippen molar-refractivity contribution in [1.29, 1.82) is 0 Å². The Balaban J connectivity index is 3.15. The summed E-state index contributed by atoms with van der Waals surface area (Å²) in [5.41, 5.74) is 6.71. The van der Waals surface area contributed by atoms with E-state index in [-0.39, 0.29) is 6.10 Å². The van der Waals surface area contributed by atoms with Gasteiger partial charge in [-0.3, -0.25) is 0 Å². The van der Waals surface area contributed by atoms with Crippen LogP contribution in [0.15, 0.2) is 4.47 Å². The molecule has 0 aliphatic rings. The maximum atomic E-state index is 5.79. The van der Waals surface area contributed by atoms with Gasteiger partial charge in [0.15, 0.2) is 5.82 Å². The summed E-state index contributed by atoms with van der Waals surface area (Å²) >= 11 is 3.38. The van der Waals surface area contributed by atoms with Crippen molar-refractivity contribution in [2.75, 3.05) is 12.8 Å². The Bertz CT molecular complexity index is 340. The minimum atomic E-state index is -0.0781. The predicted molar refractivity (Wildman–Crippen MR) is 63.6 cm³/mol. The first-order chi connectivity index (χ1) is 7.13. The second-order valence-electron chi connectivity index (χ2n) is 3.21. The fourth-order valence-corrected chi connectivity index (χ4v) is 1.82. The van der Waals surface area contributed by atoms with Crippen LogP contribution < -0.4 is 5.73 Å². The highest BCUT2D eigenvalue weighted by atomic mass is 79.9. The van der Waals surface area contributed by atoms with E-state index < -0.39 is 0 Å². The molecule has 0 bridgehead atoms. The molecule has 0 amide bonds. The number of methoxy groups -OCH3 is 1. The zero-order valence-corrected chi connectivity index (χ0v) is 10.8. The maximum absolute atomic E-state index is 5.79. The standard InChI is InChI=1S/C10H16BrN3O/c1-4-6-8(11)9(12)14-10(13-6)7(5-2)15-3/h7H,4-5H2,1-3H3,(H2,12,13,14). The predicted octanol–water partition coefficient (Wildman–Crippen LogP) is 2.48. The molecule has 1 rings (SSSR count). The summed E-state index contributed by atoms with van der Waals surface area (Å²) in [7, 11) is 1.65. The molecule has 1 unspecified atom stereocenters. The van der Waals surface area contributed by atoms with Gasteiger partial charge in [-0.2, -0.15) is 0 Å². The third kappa shape index (κ3) is 2.66. The van der Waals surface area contributed by atoms with Gasteiger partial charge in [0.1, 0.15) is 11.9 Å². The van der Waals surface area contributed by atoms with E-state index in [9.17, 15) is 0 Å². The molecular formula is C10H16BrN3O. The van der Waals surface area contributed by atoms with Crippen LogP contribution in [0.2, 0.25) is 0 Å². The highest BCUT2D eigenvalue weighted by Gasteiger charge is 2.15. The third-order valence-corrected chi connectivity index (χ3v) is 3.10. The van der Waals surface area contributed by atoms with Gasteiger partial charge in [-0.15, -0.1) is 0 Å². The average molecular weight is 274 g/mol. The molecule has 1 atom stereocenters. The lowest BCUT2D eigenvalue weighted by atomic mass is 10.2. The van der Waals surface area contributed by atoms with Crippen LogP contribution in [-0.2, 0) is 11.2 Å². The van der Waals surface area contributed by atoms with Crippen molar-refractivity contribution >= 4 is 21.7 Å². The minimum absolute atomic E-state index is 0.0781. The summed E-state index contributed by atoms with van der Waals surface area (Å²) in [6.45, 7) is 4.06. The zero-order valence-electron chi connectivity index (χ0n) is 9.25. The van der Waals surface area contributed by atoms with Gasteiger partial charge in [0.05, 0.1) is 10.2 Å². The number of halogens is 1. The van der Waals surface area contributed by atoms with Crippen LogP contribution in [0.3, 0.4) is 0 Å². The van der Waals surface area contributed by atoms with Gasteiger partial charge in [-0.05, 0) is 28.8 Å². The number of anilines is 1. The van der Waals surface area contributed by atoms with Crippen molar-refractivity contribution in [3.05, 3.63) is 16.0 Å². The molecule has 0 aromatic carbocycles. The number of rotatable bonds is 4. The van der Waals surface area contributed by atoms with E-state index in [1.54, 1.807) is 7.11 Å². The number of nitrogens with zero attached hydrogens (tertiary/aromatic N) is 2. The van der Waals surface area contributed by atoms with Gasteiger partial charge in [-0.1, -0.05) is 13.8 Å². The van der Waals surface area contributed by atoms with E-state index >= 15 is 0 Å². The lowest BCUT2D eigenvalue weighted by molar-refractivity contribution is 0.0925. The van der Waals surface area contributed by atoms with Gasteiger partial charge in [0, 0.05) is 7.11 Å². The highest BCUT2D eigenvalue weighted by molar-refractivity contribution is 9.10. The van der Waals surface area contributed by atoms with Crippen molar-refractivity contribution in [1.82, 2.24) is 9.97 Å². The van der Waals surface area contributed by atoms with E-state index in [0.29, 0.717) is 11.6 Å². The van der Waals surface area contributed by atoms with Crippen LogP contribution in [0.4, 0.5) is 5.82 Å². The SMILES string of the molecule is CCc1nc(C(CC)OC)nc(N)c1Br. The monoisotopic (exact) mass is 273 g/mol. The van der Waals surface area contributed by atoms with Gasteiger partial charge in [0.25, 0.3) is 0 Å². The summed E-state index contributed by atoms with van der Waals surface area (Å²) in [4.78, 5) is 8.65. The molecule has 0 saturated carbocycles. The number of hydrogen-bond acceptors (Lipinski definition) is 4. The second-order valence-corrected chi connectivity index (χ2v) is 4.01. The lowest BCUT2D eigenvalue weighted by Crippen LogP contribution is -2.10. The molecule has 4 nitrogen and oxygen atoms in total. The number of aromatic nitrogens is 2. The van der Waals surface area contributed by atoms with Crippen LogP contribution in [-0.4, -0.2) is 17.1 Å². The summed E-state index contributed by atoms with van der Waals surface area (Å²) < 4.78 is 6.08. The van der Waals surface area contributed by atoms with E-state index in [1.807, 2.05) is 13.8 Å². The summed E-state index contributed by atoms with van der Waals surface area (Å²) in [5.74, 6) is 1.14. The van der Waals surface area contributed by atoms with Crippen molar-refractivity contribution < 1.29 is 4.74 Å². The molecule has 0 radical (unpaired) electrons. The Morgan fingerprint density at radius 2 is 2.07 bits per heavy atom. The fraction of sp³-hybridized carbons (Fsp3) is 0.600. The Labute approximate surface area is 98.4 Å². The number of hydrogen-bond donors (Lipinski definition) is 1. The topological polar surface area (TPSA) is 61.0 Å². The van der Waals surface area contributed by atoms with Crippen molar-refractivity contribution in [2.45, 2.75) is 32.8 Å². The van der Waals surface area contributed by atoms with E-state index in [0.717, 1.165) is 23.0 Å². The second kappa shape index (κ2) is 5.42. The Kier molecular flexibility index (Phi) is 4.47. The zero-order chi connectivity index (χ0) is 11.4. The lowest BCUT2D eigenvalue weighted by Gasteiger charge is -2.14. The Morgan fingerprint density at radius 1 is 1.40 bits per heavy atom. The van der Waals surface area contributed by atoms with Crippen LogP contribution in [0, 0.1) is 0 Å². The van der Waals surface area contributed by atoms with Crippen LogP contribution in [0.1, 0.15) is 37.9 Å². The molecule has 5 heteroatoms. The number of aryl methyl sites for hydroxylation is 1. The Hall–Kier alpha value is -0.680. The normalized spacial score (nSPS) is 12.8. The first kappa shape index (κ1) is 12.4. The molecule has 1 aromatic rings. The fourth-order valence-electron chi connectivity index (χ4n) is 1.37. The maximum Gasteiger partial charge on any atom is 0.159 e. The van der Waals surface area contributed by atoms with Crippen LogP contribution in [0.25, 0.3) is 0 Å². The molecule has 0 spiro atoms. The summed E-state index contributed by atoms with van der Waals surface area (Å²) in [6, 6.07) is 0. The number of nitrogen functional groups attached to an aromatic ring is 1. The third-order valence-electron chi connectivity index (χ3n) is 2.24. The number of ether oxygens (including phenoxy) is 1. The molecule has 0 aliphatic carbocycles. The molecule has 0 aliphatic heterocycles. The van der Waals surface area contributed by atoms with E-state index in [1.165, 1.54) is 0 Å². The molecule has 1 heterocycles. The van der Waals surface area contributed by atoms with Crippen molar-refractivity contribution in [3.8, 4) is 0 Å².